The number of nitrogens with zero attached hydrogens (tertiary/aromatic N) is 7. The highest BCUT2D eigenvalue weighted by atomic mass is 16.7. The molecule has 0 N–H and O–H groups in total. The highest BCUT2D eigenvalue weighted by Gasteiger charge is 2.36. The number of hydrazine groups is 3. The number of hydrogen-bond donors (Lipinski definition) is 0. The summed E-state index contributed by atoms with van der Waals surface area (Å²) in [6.07, 6.45) is 0. The summed E-state index contributed by atoms with van der Waals surface area (Å²) in [7, 11) is 0. The lowest BCUT2D eigenvalue weighted by atomic mass is 10.6. The SMILES string of the molecule is CC(=O)OCN1CN([N+](=O)[O-])CN([N+](=O)[O-])CN([N+](=O)[O-])C1. The van der Waals surface area contributed by atoms with Gasteiger partial charge < -0.3 is 4.74 Å². The lowest BCUT2D eigenvalue weighted by molar-refractivity contribution is -0.745. The van der Waals surface area contributed by atoms with Gasteiger partial charge in [0.2, 0.25) is 13.3 Å². The smallest absolute Gasteiger partial charge is 0.303 e. The second kappa shape index (κ2) is 7.16. The average Bonchev–Trinajstić information content (AvgIpc) is 2.36. The predicted molar refractivity (Wildman–Crippen MR) is 64.4 cm³/mol. The van der Waals surface area contributed by atoms with E-state index in [9.17, 15) is 35.1 Å². The molecule has 15 nitrogen and oxygen atoms in total. The minimum atomic E-state index is -0.964. The van der Waals surface area contributed by atoms with Gasteiger partial charge in [0, 0.05) is 6.92 Å². The third kappa shape index (κ3) is 4.85. The molecule has 1 aliphatic heterocycles. The van der Waals surface area contributed by atoms with Crippen molar-refractivity contribution in [1.82, 2.24) is 19.9 Å². The number of nitro groups is 3. The third-order valence-corrected chi connectivity index (χ3v) is 2.52. The second-order valence-corrected chi connectivity index (χ2v) is 4.23. The average molecular weight is 323 g/mol. The summed E-state index contributed by atoms with van der Waals surface area (Å²) in [5.74, 6) is -0.672. The van der Waals surface area contributed by atoms with Crippen molar-refractivity contribution in [2.75, 3.05) is 33.4 Å². The van der Waals surface area contributed by atoms with Crippen LogP contribution in [0.1, 0.15) is 6.92 Å². The first-order valence-corrected chi connectivity index (χ1v) is 5.74. The van der Waals surface area contributed by atoms with Crippen LogP contribution in [0.15, 0.2) is 0 Å². The third-order valence-electron chi connectivity index (χ3n) is 2.52. The number of esters is 1. The molecular formula is C7H13N7O8. The van der Waals surface area contributed by atoms with E-state index in [1.165, 1.54) is 0 Å². The van der Waals surface area contributed by atoms with E-state index in [2.05, 4.69) is 4.74 Å². The van der Waals surface area contributed by atoms with E-state index in [1.54, 1.807) is 0 Å². The van der Waals surface area contributed by atoms with Gasteiger partial charge in [0.05, 0.1) is 0 Å². The van der Waals surface area contributed by atoms with Crippen LogP contribution in [-0.4, -0.2) is 74.4 Å². The van der Waals surface area contributed by atoms with Crippen LogP contribution in [0.4, 0.5) is 0 Å². The summed E-state index contributed by atoms with van der Waals surface area (Å²) in [6, 6.07) is 0. The van der Waals surface area contributed by atoms with E-state index in [-0.39, 0.29) is 0 Å². The summed E-state index contributed by atoms with van der Waals surface area (Å²) in [5, 5.41) is 31.1. The molecule has 1 saturated heterocycles. The van der Waals surface area contributed by atoms with Gasteiger partial charge in [-0.25, -0.2) is 35.2 Å². The van der Waals surface area contributed by atoms with Crippen molar-refractivity contribution in [2.24, 2.45) is 0 Å². The van der Waals surface area contributed by atoms with Gasteiger partial charge in [-0.15, -0.1) is 0 Å². The summed E-state index contributed by atoms with van der Waals surface area (Å²) in [6.45, 7) is -1.89. The zero-order chi connectivity index (χ0) is 16.9. The van der Waals surface area contributed by atoms with E-state index in [0.717, 1.165) is 11.8 Å². The van der Waals surface area contributed by atoms with Crippen LogP contribution < -0.4 is 0 Å². The normalized spacial score (nSPS) is 16.7. The molecule has 0 unspecified atom stereocenters. The Balaban J connectivity index is 2.92. The number of ether oxygens (including phenoxy) is 1. The molecule has 0 amide bonds. The highest BCUT2D eigenvalue weighted by Crippen LogP contribution is 2.07. The van der Waals surface area contributed by atoms with Crippen LogP contribution in [0.5, 0.6) is 0 Å². The molecule has 22 heavy (non-hydrogen) atoms. The summed E-state index contributed by atoms with van der Waals surface area (Å²) < 4.78 is 4.65. The van der Waals surface area contributed by atoms with Crippen molar-refractivity contribution in [3.63, 3.8) is 0 Å². The molecule has 0 spiro atoms. The number of rotatable bonds is 5. The maximum Gasteiger partial charge on any atom is 0.303 e. The summed E-state index contributed by atoms with van der Waals surface area (Å²) in [4.78, 5) is 44.4. The predicted octanol–water partition coefficient (Wildman–Crippen LogP) is -1.87. The molecule has 0 aromatic carbocycles. The fourth-order valence-electron chi connectivity index (χ4n) is 1.59. The Morgan fingerprint density at radius 2 is 1.27 bits per heavy atom. The van der Waals surface area contributed by atoms with Crippen molar-refractivity contribution in [2.45, 2.75) is 6.92 Å². The van der Waals surface area contributed by atoms with Crippen LogP contribution in [0, 0.1) is 30.3 Å². The fourth-order valence-corrected chi connectivity index (χ4v) is 1.59. The van der Waals surface area contributed by atoms with Crippen molar-refractivity contribution in [3.05, 3.63) is 30.3 Å². The Bertz CT molecular complexity index is 446. The quantitative estimate of drug-likeness (QED) is 0.314. The maximum atomic E-state index is 10.9. The molecule has 15 heteroatoms. The number of carbonyl (C=O) groups excluding carboxylic acids is 1. The minimum absolute atomic E-state index is 0.328. The molecule has 0 aliphatic carbocycles. The Labute approximate surface area is 122 Å². The molecule has 0 radical (unpaired) electrons. The zero-order valence-electron chi connectivity index (χ0n) is 11.4. The first kappa shape index (κ1) is 17.1. The molecule has 0 aromatic rings. The standard InChI is InChI=1S/C7H13N7O8/c1-7(15)22-6-8-2-9(12(16)17)4-11(14(20)21)5-10(3-8)13(18)19/h2-6H2,1H3. The molecule has 1 fully saturated rings. The maximum absolute atomic E-state index is 10.9. The molecular weight excluding hydrogens is 310 g/mol. The van der Waals surface area contributed by atoms with E-state index < -0.39 is 54.5 Å². The van der Waals surface area contributed by atoms with Crippen molar-refractivity contribution in [3.8, 4) is 0 Å². The number of carbonyl (C=O) groups is 1. The fraction of sp³-hybridized carbons (Fsp3) is 0.857. The molecule has 0 atom stereocenters. The largest absolute Gasteiger partial charge is 0.450 e. The van der Waals surface area contributed by atoms with E-state index in [1.807, 2.05) is 0 Å². The molecule has 124 valence electrons. The Morgan fingerprint density at radius 3 is 1.59 bits per heavy atom. The van der Waals surface area contributed by atoms with E-state index in [4.69, 9.17) is 0 Å². The van der Waals surface area contributed by atoms with Gasteiger partial charge in [-0.1, -0.05) is 15.0 Å². The molecule has 0 saturated carbocycles. The van der Waals surface area contributed by atoms with Crippen molar-refractivity contribution >= 4 is 5.97 Å². The van der Waals surface area contributed by atoms with Crippen LogP contribution in [-0.2, 0) is 9.53 Å². The first-order chi connectivity index (χ1) is 10.2. The van der Waals surface area contributed by atoms with Gasteiger partial charge in [0.25, 0.3) is 0 Å². The number of hydrogen-bond acceptors (Lipinski definition) is 9. The van der Waals surface area contributed by atoms with Crippen LogP contribution >= 0.6 is 0 Å². The Morgan fingerprint density at radius 1 is 0.909 bits per heavy atom. The molecule has 0 bridgehead atoms. The lowest BCUT2D eigenvalue weighted by Gasteiger charge is -2.31. The molecule has 1 aliphatic rings. The second-order valence-electron chi connectivity index (χ2n) is 4.23. The van der Waals surface area contributed by atoms with E-state index in [0.29, 0.717) is 15.0 Å². The Hall–Kier alpha value is -2.97. The van der Waals surface area contributed by atoms with Gasteiger partial charge in [-0.3, -0.25) is 4.79 Å². The monoisotopic (exact) mass is 323 g/mol. The molecule has 1 rings (SSSR count). The van der Waals surface area contributed by atoms with Crippen LogP contribution in [0.3, 0.4) is 0 Å². The van der Waals surface area contributed by atoms with Gasteiger partial charge in [0.1, 0.15) is 20.1 Å². The van der Waals surface area contributed by atoms with E-state index >= 15 is 0 Å². The van der Waals surface area contributed by atoms with Gasteiger partial charge in [-0.2, -0.15) is 0 Å². The van der Waals surface area contributed by atoms with Crippen molar-refractivity contribution in [1.29, 1.82) is 0 Å². The van der Waals surface area contributed by atoms with Gasteiger partial charge in [0.15, 0.2) is 15.1 Å². The topological polar surface area (TPSA) is 169 Å². The van der Waals surface area contributed by atoms with Crippen LogP contribution in [0.2, 0.25) is 0 Å². The lowest BCUT2D eigenvalue weighted by Crippen LogP contribution is -2.58. The summed E-state index contributed by atoms with van der Waals surface area (Å²) >= 11 is 0. The minimum Gasteiger partial charge on any atom is -0.450 e. The first-order valence-electron chi connectivity index (χ1n) is 5.74. The molecule has 1 heterocycles. The van der Waals surface area contributed by atoms with Gasteiger partial charge >= 0.3 is 5.97 Å². The van der Waals surface area contributed by atoms with Crippen LogP contribution in [0.25, 0.3) is 0 Å². The van der Waals surface area contributed by atoms with Gasteiger partial charge in [-0.05, 0) is 0 Å². The zero-order valence-corrected chi connectivity index (χ0v) is 11.4. The highest BCUT2D eigenvalue weighted by molar-refractivity contribution is 5.65. The Kier molecular flexibility index (Phi) is 5.56. The van der Waals surface area contributed by atoms with Crippen molar-refractivity contribution < 1.29 is 24.6 Å². The molecule has 0 aromatic heterocycles. The summed E-state index contributed by atoms with van der Waals surface area (Å²) in [5.41, 5.74) is 0.